The lowest BCUT2D eigenvalue weighted by atomic mass is 9.96. The third-order valence-corrected chi connectivity index (χ3v) is 5.31. The third-order valence-electron chi connectivity index (χ3n) is 5.31. The molecule has 138 valence electrons. The van der Waals surface area contributed by atoms with Gasteiger partial charge in [-0.1, -0.05) is 12.1 Å². The summed E-state index contributed by atoms with van der Waals surface area (Å²) >= 11 is 0. The van der Waals surface area contributed by atoms with E-state index in [1.54, 1.807) is 0 Å². The van der Waals surface area contributed by atoms with Crippen molar-refractivity contribution >= 4 is 11.6 Å². The first kappa shape index (κ1) is 18.2. The lowest BCUT2D eigenvalue weighted by molar-refractivity contribution is 0.0264. The van der Waals surface area contributed by atoms with Crippen LogP contribution in [0.4, 0.5) is 5.69 Å². The van der Waals surface area contributed by atoms with Crippen LogP contribution in [0.2, 0.25) is 0 Å². The zero-order valence-electron chi connectivity index (χ0n) is 15.2. The number of aliphatic hydroxyl groups is 1. The number of para-hydroxylation sites is 1. The SMILES string of the molecule is CN(C)c1ccccc1C(=O)N1C[C@@H](CN2CCOCC2)[C@@H](CO)C1. The Morgan fingerprint density at radius 1 is 1.20 bits per heavy atom. The number of hydrogen-bond acceptors (Lipinski definition) is 5. The smallest absolute Gasteiger partial charge is 0.255 e. The molecule has 2 aliphatic rings. The number of morpholine rings is 1. The molecule has 0 radical (unpaired) electrons. The molecule has 2 aliphatic heterocycles. The highest BCUT2D eigenvalue weighted by molar-refractivity contribution is 5.99. The van der Waals surface area contributed by atoms with E-state index in [1.165, 1.54) is 0 Å². The number of likely N-dealkylation sites (tertiary alicyclic amines) is 1. The molecule has 2 atom stereocenters. The normalized spacial score (nSPS) is 24.5. The van der Waals surface area contributed by atoms with Crippen LogP contribution in [-0.2, 0) is 4.74 Å². The summed E-state index contributed by atoms with van der Waals surface area (Å²) in [6, 6.07) is 7.72. The number of benzene rings is 1. The molecule has 6 heteroatoms. The summed E-state index contributed by atoms with van der Waals surface area (Å²) in [5, 5.41) is 9.79. The monoisotopic (exact) mass is 347 g/mol. The molecule has 0 aromatic heterocycles. The minimum atomic E-state index is 0.0622. The molecule has 1 N–H and O–H groups in total. The van der Waals surface area contributed by atoms with Gasteiger partial charge in [-0.15, -0.1) is 0 Å². The summed E-state index contributed by atoms with van der Waals surface area (Å²) in [6.07, 6.45) is 0. The third kappa shape index (κ3) is 4.14. The van der Waals surface area contributed by atoms with Crippen LogP contribution in [0.1, 0.15) is 10.4 Å². The van der Waals surface area contributed by atoms with Crippen molar-refractivity contribution in [3.05, 3.63) is 29.8 Å². The van der Waals surface area contributed by atoms with Crippen molar-refractivity contribution in [2.24, 2.45) is 11.8 Å². The van der Waals surface area contributed by atoms with Crippen molar-refractivity contribution in [3.63, 3.8) is 0 Å². The van der Waals surface area contributed by atoms with Crippen LogP contribution in [0.25, 0.3) is 0 Å². The van der Waals surface area contributed by atoms with E-state index >= 15 is 0 Å². The predicted molar refractivity (Wildman–Crippen MR) is 98.0 cm³/mol. The standard InChI is InChI=1S/C19H29N3O3/c1-20(2)18-6-4-3-5-17(18)19(24)22-12-15(16(13-22)14-23)11-21-7-9-25-10-8-21/h3-6,15-16,23H,7-14H2,1-2H3/t15-,16-/m1/s1. The topological polar surface area (TPSA) is 56.3 Å². The van der Waals surface area contributed by atoms with Crippen molar-refractivity contribution in [2.45, 2.75) is 0 Å². The van der Waals surface area contributed by atoms with E-state index in [0.29, 0.717) is 19.0 Å². The fraction of sp³-hybridized carbons (Fsp3) is 0.632. The van der Waals surface area contributed by atoms with E-state index in [2.05, 4.69) is 4.90 Å². The summed E-state index contributed by atoms with van der Waals surface area (Å²) in [7, 11) is 3.90. The minimum Gasteiger partial charge on any atom is -0.396 e. The van der Waals surface area contributed by atoms with Gasteiger partial charge in [0.15, 0.2) is 0 Å². The predicted octanol–water partition coefficient (Wildman–Crippen LogP) is 0.765. The van der Waals surface area contributed by atoms with Crippen LogP contribution in [0.5, 0.6) is 0 Å². The number of carbonyl (C=O) groups is 1. The molecule has 1 aromatic carbocycles. The Morgan fingerprint density at radius 2 is 1.88 bits per heavy atom. The van der Waals surface area contributed by atoms with Gasteiger partial charge in [0.25, 0.3) is 5.91 Å². The van der Waals surface area contributed by atoms with Crippen molar-refractivity contribution in [3.8, 4) is 0 Å². The number of hydrogen-bond donors (Lipinski definition) is 1. The van der Waals surface area contributed by atoms with Crippen LogP contribution < -0.4 is 4.90 Å². The van der Waals surface area contributed by atoms with Crippen LogP contribution >= 0.6 is 0 Å². The Morgan fingerprint density at radius 3 is 2.56 bits per heavy atom. The summed E-state index contributed by atoms with van der Waals surface area (Å²) in [4.78, 5) is 19.3. The van der Waals surface area contributed by atoms with Gasteiger partial charge in [-0.25, -0.2) is 0 Å². The Hall–Kier alpha value is -1.63. The summed E-state index contributed by atoms with van der Waals surface area (Å²) in [5.41, 5.74) is 1.67. The van der Waals surface area contributed by atoms with Crippen LogP contribution in [0.15, 0.2) is 24.3 Å². The number of rotatable bonds is 5. The lowest BCUT2D eigenvalue weighted by Gasteiger charge is -2.30. The lowest BCUT2D eigenvalue weighted by Crippen LogP contribution is -2.41. The molecule has 6 nitrogen and oxygen atoms in total. The Labute approximate surface area is 150 Å². The Bertz CT molecular complexity index is 587. The summed E-state index contributed by atoms with van der Waals surface area (Å²) in [6.45, 7) is 5.82. The van der Waals surface area contributed by atoms with Crippen LogP contribution in [0.3, 0.4) is 0 Å². The highest BCUT2D eigenvalue weighted by Gasteiger charge is 2.36. The zero-order valence-corrected chi connectivity index (χ0v) is 15.2. The molecular formula is C19H29N3O3. The zero-order chi connectivity index (χ0) is 17.8. The maximum absolute atomic E-state index is 13.1. The second-order valence-electron chi connectivity index (χ2n) is 7.24. The second-order valence-corrected chi connectivity index (χ2v) is 7.24. The van der Waals surface area contributed by atoms with Gasteiger partial charge in [-0.05, 0) is 18.1 Å². The highest BCUT2D eigenvalue weighted by Crippen LogP contribution is 2.28. The first-order valence-electron chi connectivity index (χ1n) is 9.06. The average Bonchev–Trinajstić information content (AvgIpc) is 3.04. The Kier molecular flexibility index (Phi) is 5.93. The number of nitrogens with zero attached hydrogens (tertiary/aromatic N) is 3. The van der Waals surface area contributed by atoms with E-state index in [0.717, 1.165) is 44.1 Å². The van der Waals surface area contributed by atoms with Gasteiger partial charge >= 0.3 is 0 Å². The first-order chi connectivity index (χ1) is 12.1. The molecule has 2 heterocycles. The van der Waals surface area contributed by atoms with Crippen molar-refractivity contribution in [1.29, 1.82) is 0 Å². The van der Waals surface area contributed by atoms with Crippen molar-refractivity contribution in [2.75, 3.05) is 71.5 Å². The number of ether oxygens (including phenoxy) is 1. The van der Waals surface area contributed by atoms with E-state index in [4.69, 9.17) is 4.74 Å². The molecule has 0 aliphatic carbocycles. The van der Waals surface area contributed by atoms with Gasteiger partial charge in [0.1, 0.15) is 0 Å². The molecular weight excluding hydrogens is 318 g/mol. The fourth-order valence-corrected chi connectivity index (χ4v) is 3.85. The largest absolute Gasteiger partial charge is 0.396 e. The molecule has 25 heavy (non-hydrogen) atoms. The first-order valence-corrected chi connectivity index (χ1v) is 9.06. The van der Waals surface area contributed by atoms with Gasteiger partial charge < -0.3 is 19.6 Å². The molecule has 0 saturated carbocycles. The van der Waals surface area contributed by atoms with Crippen molar-refractivity contribution in [1.82, 2.24) is 9.80 Å². The molecule has 1 amide bonds. The quantitative estimate of drug-likeness (QED) is 0.853. The summed E-state index contributed by atoms with van der Waals surface area (Å²) in [5.74, 6) is 0.532. The second kappa shape index (κ2) is 8.17. The molecule has 2 fully saturated rings. The molecule has 3 rings (SSSR count). The molecule has 2 saturated heterocycles. The fourth-order valence-electron chi connectivity index (χ4n) is 3.85. The van der Waals surface area contributed by atoms with Gasteiger partial charge in [0, 0.05) is 65.0 Å². The maximum atomic E-state index is 13.1. The van der Waals surface area contributed by atoms with Gasteiger partial charge in [-0.2, -0.15) is 0 Å². The van der Waals surface area contributed by atoms with Crippen molar-refractivity contribution < 1.29 is 14.6 Å². The van der Waals surface area contributed by atoms with Crippen LogP contribution in [0, 0.1) is 11.8 Å². The molecule has 0 bridgehead atoms. The van der Waals surface area contributed by atoms with E-state index < -0.39 is 0 Å². The van der Waals surface area contributed by atoms with Gasteiger partial charge in [-0.3, -0.25) is 9.69 Å². The van der Waals surface area contributed by atoms with Gasteiger partial charge in [0.05, 0.1) is 18.8 Å². The minimum absolute atomic E-state index is 0.0622. The highest BCUT2D eigenvalue weighted by atomic mass is 16.5. The van der Waals surface area contributed by atoms with Crippen LogP contribution in [-0.4, -0.2) is 87.5 Å². The number of aliphatic hydroxyl groups excluding tert-OH is 1. The maximum Gasteiger partial charge on any atom is 0.255 e. The summed E-state index contributed by atoms with van der Waals surface area (Å²) < 4.78 is 5.41. The van der Waals surface area contributed by atoms with E-state index in [1.807, 2.05) is 48.2 Å². The molecule has 0 spiro atoms. The van der Waals surface area contributed by atoms with E-state index in [9.17, 15) is 9.90 Å². The average molecular weight is 347 g/mol. The number of anilines is 1. The van der Waals surface area contributed by atoms with Gasteiger partial charge in [0.2, 0.25) is 0 Å². The Balaban J connectivity index is 1.70. The van der Waals surface area contributed by atoms with E-state index in [-0.39, 0.29) is 18.4 Å². The number of carbonyl (C=O) groups excluding carboxylic acids is 1. The number of amides is 1. The molecule has 0 unspecified atom stereocenters. The molecule has 1 aromatic rings.